The average molecular weight is 176 g/mol. The van der Waals surface area contributed by atoms with Gasteiger partial charge >= 0.3 is 5.08 Å². The van der Waals surface area contributed by atoms with E-state index in [-0.39, 0.29) is 0 Å². The molecule has 0 heterocycles. The zero-order chi connectivity index (χ0) is 9.68. The summed E-state index contributed by atoms with van der Waals surface area (Å²) in [5.41, 5.74) is 5.92. The quantitative estimate of drug-likeness (QED) is 0.568. The Morgan fingerprint density at radius 3 is 2.15 bits per heavy atom. The zero-order valence-electron chi connectivity index (χ0n) is 8.04. The van der Waals surface area contributed by atoms with E-state index in [1.54, 1.807) is 0 Å². The van der Waals surface area contributed by atoms with E-state index in [1.807, 2.05) is 18.2 Å². The van der Waals surface area contributed by atoms with E-state index in [9.17, 15) is 0 Å². The maximum absolute atomic E-state index is 8.47. The van der Waals surface area contributed by atoms with Crippen molar-refractivity contribution in [3.63, 3.8) is 0 Å². The molecule has 0 saturated heterocycles. The summed E-state index contributed by atoms with van der Waals surface area (Å²) < 4.78 is 0. The smallest absolute Gasteiger partial charge is 0.0616 e. The molecule has 0 atom stereocenters. The van der Waals surface area contributed by atoms with Crippen molar-refractivity contribution in [3.05, 3.63) is 34.4 Å². The van der Waals surface area contributed by atoms with E-state index in [1.165, 1.54) is 11.1 Å². The van der Waals surface area contributed by atoms with E-state index in [0.29, 0.717) is 0 Å². The van der Waals surface area contributed by atoms with Gasteiger partial charge in [0.05, 0.1) is 0 Å². The van der Waals surface area contributed by atoms with Crippen molar-refractivity contribution in [3.8, 4) is 0 Å². The summed E-state index contributed by atoms with van der Waals surface area (Å²) >= 11 is 0. The van der Waals surface area contributed by atoms with Crippen LogP contribution in [0.25, 0.3) is 5.08 Å². The van der Waals surface area contributed by atoms with Gasteiger partial charge in [-0.2, -0.15) is 0 Å². The third-order valence-electron chi connectivity index (χ3n) is 2.16. The van der Waals surface area contributed by atoms with Gasteiger partial charge in [0.2, 0.25) is 0 Å². The largest absolute Gasteiger partial charge is 0.308 e. The minimum Gasteiger partial charge on any atom is -0.0616 e. The molecule has 3 nitrogen and oxygen atoms in total. The zero-order valence-corrected chi connectivity index (χ0v) is 8.04. The van der Waals surface area contributed by atoms with Gasteiger partial charge < -0.3 is 0 Å². The maximum Gasteiger partial charge on any atom is 0.308 e. The summed E-state index contributed by atoms with van der Waals surface area (Å²) in [6.45, 7) is 4.16. The lowest BCUT2D eigenvalue weighted by Crippen LogP contribution is -1.96. The van der Waals surface area contributed by atoms with Gasteiger partial charge in [0.1, 0.15) is 5.69 Å². The molecule has 0 bridgehead atoms. The van der Waals surface area contributed by atoms with Gasteiger partial charge in [-0.15, -0.1) is 0 Å². The highest BCUT2D eigenvalue weighted by Crippen LogP contribution is 2.22. The van der Waals surface area contributed by atoms with Crippen molar-refractivity contribution < 1.29 is 0 Å². The molecular weight excluding hydrogens is 162 g/mol. The van der Waals surface area contributed by atoms with Crippen LogP contribution in [0.4, 0.5) is 5.69 Å². The molecule has 0 aliphatic heterocycles. The first-order valence-corrected chi connectivity index (χ1v) is 4.54. The molecule has 0 amide bonds. The highest BCUT2D eigenvalue weighted by atomic mass is 15.3. The molecule has 0 fully saturated rings. The van der Waals surface area contributed by atoms with Gasteiger partial charge in [-0.05, 0) is 29.4 Å². The Bertz CT molecular complexity index is 303. The van der Waals surface area contributed by atoms with E-state index in [4.69, 9.17) is 5.39 Å². The molecule has 0 aromatic heterocycles. The average Bonchev–Trinajstić information content (AvgIpc) is 2.18. The van der Waals surface area contributed by atoms with Gasteiger partial charge in [-0.3, -0.25) is 0 Å². The number of nitrogens with one attached hydrogen (secondary N) is 1. The fraction of sp³-hybridized carbons (Fsp3) is 0.400. The summed E-state index contributed by atoms with van der Waals surface area (Å²) in [7, 11) is 0. The Kier molecular flexibility index (Phi) is 3.27. The second kappa shape index (κ2) is 4.46. The molecule has 13 heavy (non-hydrogen) atoms. The Hall–Kier alpha value is -1.56. The summed E-state index contributed by atoms with van der Waals surface area (Å²) in [4.78, 5) is 0. The highest BCUT2D eigenvalue weighted by Gasteiger charge is 2.09. The third kappa shape index (κ3) is 1.97. The fourth-order valence-electron chi connectivity index (χ4n) is 1.44. The number of hydrogen-bond donors (Lipinski definition) is 1. The van der Waals surface area contributed by atoms with Gasteiger partial charge in [-0.25, -0.2) is 0 Å². The van der Waals surface area contributed by atoms with Crippen LogP contribution in [0.5, 0.6) is 0 Å². The molecule has 0 aliphatic carbocycles. The van der Waals surface area contributed by atoms with Crippen LogP contribution in [0.15, 0.2) is 18.2 Å². The molecule has 68 valence electrons. The highest BCUT2D eigenvalue weighted by molar-refractivity contribution is 5.58. The normalized spacial score (nSPS) is 9.31. The number of rotatable bonds is 3. The number of benzene rings is 1. The second-order valence-electron chi connectivity index (χ2n) is 2.87. The van der Waals surface area contributed by atoms with Crippen LogP contribution >= 0.6 is 0 Å². The first kappa shape index (κ1) is 9.53. The molecule has 1 rings (SSSR count). The summed E-state index contributed by atoms with van der Waals surface area (Å²) in [6, 6.07) is 6.10. The molecule has 0 saturated carbocycles. The Labute approximate surface area is 78.4 Å². The molecule has 1 aromatic carbocycles. The SMILES string of the molecule is CCc1cccc(CC)c1N[N+]#N. The third-order valence-corrected chi connectivity index (χ3v) is 2.16. The van der Waals surface area contributed by atoms with Gasteiger partial charge in [0.15, 0.2) is 0 Å². The standard InChI is InChI=1S/C10H14N3/c1-3-8-6-5-7-9(4-2)10(8)12-13-11/h5-7,12H,3-4H2,1-2H3/q+1. The Balaban J connectivity index is 3.14. The maximum atomic E-state index is 8.47. The number of nitrogens with zero attached hydrogens (tertiary/aromatic N) is 2. The van der Waals surface area contributed by atoms with Gasteiger partial charge in [-0.1, -0.05) is 32.0 Å². The van der Waals surface area contributed by atoms with Gasteiger partial charge in [0.25, 0.3) is 5.39 Å². The lowest BCUT2D eigenvalue weighted by atomic mass is 10.0. The fourth-order valence-corrected chi connectivity index (χ4v) is 1.44. The van der Waals surface area contributed by atoms with Crippen molar-refractivity contribution in [2.45, 2.75) is 26.7 Å². The number of anilines is 1. The predicted octanol–water partition coefficient (Wildman–Crippen LogP) is 2.99. The minimum absolute atomic E-state index is 0.936. The lowest BCUT2D eigenvalue weighted by molar-refractivity contribution is 1.09. The van der Waals surface area contributed by atoms with Crippen molar-refractivity contribution >= 4 is 5.69 Å². The summed E-state index contributed by atoms with van der Waals surface area (Å²) in [5, 5.41) is 11.4. The van der Waals surface area contributed by atoms with E-state index in [2.05, 4.69) is 24.4 Å². The van der Waals surface area contributed by atoms with Crippen molar-refractivity contribution in [2.24, 2.45) is 0 Å². The molecule has 1 aromatic rings. The minimum atomic E-state index is 0.936. The number of hydrogen-bond acceptors (Lipinski definition) is 2. The molecule has 3 heteroatoms. The molecule has 0 unspecified atom stereocenters. The first-order chi connectivity index (χ1) is 6.33. The van der Waals surface area contributed by atoms with E-state index < -0.39 is 0 Å². The lowest BCUT2D eigenvalue weighted by Gasteiger charge is -2.05. The van der Waals surface area contributed by atoms with Crippen LogP contribution < -0.4 is 5.43 Å². The molecule has 0 spiro atoms. The van der Waals surface area contributed by atoms with Crippen LogP contribution in [0.1, 0.15) is 25.0 Å². The van der Waals surface area contributed by atoms with Crippen LogP contribution in [-0.4, -0.2) is 0 Å². The van der Waals surface area contributed by atoms with Gasteiger partial charge in [0, 0.05) is 0 Å². The molecular formula is C10H14N3+. The topological polar surface area (TPSA) is 40.2 Å². The number of diazo groups is 1. The Morgan fingerprint density at radius 1 is 1.23 bits per heavy atom. The summed E-state index contributed by atoms with van der Waals surface area (Å²) in [5.74, 6) is 0. The van der Waals surface area contributed by atoms with Crippen molar-refractivity contribution in [1.82, 2.24) is 0 Å². The van der Waals surface area contributed by atoms with E-state index >= 15 is 0 Å². The monoisotopic (exact) mass is 176 g/mol. The van der Waals surface area contributed by atoms with Crippen LogP contribution in [0.3, 0.4) is 0 Å². The van der Waals surface area contributed by atoms with Crippen molar-refractivity contribution in [2.75, 3.05) is 5.43 Å². The number of para-hydroxylation sites is 1. The molecule has 1 N–H and O–H groups in total. The first-order valence-electron chi connectivity index (χ1n) is 4.54. The van der Waals surface area contributed by atoms with Crippen molar-refractivity contribution in [1.29, 1.82) is 5.39 Å². The van der Waals surface area contributed by atoms with E-state index in [0.717, 1.165) is 18.5 Å². The summed E-state index contributed by atoms with van der Waals surface area (Å²) in [6.07, 6.45) is 1.87. The van der Waals surface area contributed by atoms with Crippen LogP contribution in [0.2, 0.25) is 0 Å². The molecule has 0 radical (unpaired) electrons. The Morgan fingerprint density at radius 2 is 1.77 bits per heavy atom. The second-order valence-corrected chi connectivity index (χ2v) is 2.87. The molecule has 0 aliphatic rings. The number of aryl methyl sites for hydroxylation is 2. The van der Waals surface area contributed by atoms with Crippen LogP contribution in [-0.2, 0) is 12.8 Å². The predicted molar refractivity (Wildman–Crippen MR) is 53.9 cm³/mol. The van der Waals surface area contributed by atoms with Crippen LogP contribution in [0, 0.1) is 5.39 Å².